The number of thiazole rings is 1. The third kappa shape index (κ3) is 8.51. The van der Waals surface area contributed by atoms with Crippen LogP contribution in [0.3, 0.4) is 0 Å². The molecule has 3 aliphatic heterocycles. The van der Waals surface area contributed by atoms with Gasteiger partial charge in [-0.25, -0.2) is 18.9 Å². The van der Waals surface area contributed by atoms with E-state index in [1.54, 1.807) is 24.3 Å². The SMILES string of the molecule is NC(=NC1CCNCC1)c1ccc(OC[C@H](O/N=C(/C(=O)N[C@@H]2C(=O)N(S(=O)(=O)O)[C@@H]2CN2CCOC2=O)c2csc(N)n2)C(=O)O)cc1. The van der Waals surface area contributed by atoms with E-state index >= 15 is 0 Å². The van der Waals surface area contributed by atoms with Crippen LogP contribution < -0.4 is 26.8 Å². The Bertz CT molecular complexity index is 1740. The number of aromatic nitrogens is 1. The van der Waals surface area contributed by atoms with Gasteiger partial charge in [-0.3, -0.25) is 19.1 Å². The van der Waals surface area contributed by atoms with Crippen LogP contribution >= 0.6 is 11.3 Å². The molecule has 8 N–H and O–H groups in total. The lowest BCUT2D eigenvalue weighted by Crippen LogP contribution is -2.74. The Hall–Kier alpha value is -5.06. The summed E-state index contributed by atoms with van der Waals surface area (Å²) >= 11 is 0.919. The van der Waals surface area contributed by atoms with Crippen molar-refractivity contribution >= 4 is 62.2 Å². The lowest BCUT2D eigenvalue weighted by atomic mass is 9.97. The molecule has 20 nitrogen and oxygen atoms in total. The smallest absolute Gasteiger partial charge is 0.410 e. The molecule has 3 fully saturated rings. The fourth-order valence-corrected chi connectivity index (χ4v) is 6.55. The molecule has 0 aliphatic carbocycles. The molecule has 0 saturated carbocycles. The minimum absolute atomic E-state index is 0.0150. The number of nitrogen functional groups attached to an aromatic ring is 1. The molecular weight excluding hydrogens is 690 g/mol. The van der Waals surface area contributed by atoms with E-state index in [0.29, 0.717) is 11.4 Å². The van der Waals surface area contributed by atoms with Crippen molar-refractivity contribution in [2.45, 2.75) is 37.1 Å². The zero-order chi connectivity index (χ0) is 35.3. The lowest BCUT2D eigenvalue weighted by molar-refractivity contribution is -0.152. The van der Waals surface area contributed by atoms with Crippen molar-refractivity contribution in [1.29, 1.82) is 0 Å². The highest BCUT2D eigenvalue weighted by Gasteiger charge is 2.55. The van der Waals surface area contributed by atoms with Crippen LogP contribution in [0.5, 0.6) is 5.75 Å². The number of nitrogens with zero attached hydrogens (tertiary/aromatic N) is 5. The number of anilines is 1. The number of hydrogen-bond acceptors (Lipinski definition) is 15. The molecule has 3 aliphatic rings. The van der Waals surface area contributed by atoms with Crippen molar-refractivity contribution in [3.05, 3.63) is 40.9 Å². The number of rotatable bonds is 14. The number of benzene rings is 1. The second-order valence-corrected chi connectivity index (χ2v) is 13.1. The molecule has 0 radical (unpaired) electrons. The van der Waals surface area contributed by atoms with Crippen LogP contribution in [0.15, 0.2) is 39.8 Å². The van der Waals surface area contributed by atoms with Gasteiger partial charge in [-0.2, -0.15) is 8.42 Å². The predicted molar refractivity (Wildman–Crippen MR) is 171 cm³/mol. The number of piperidine rings is 1. The minimum atomic E-state index is -5.06. The van der Waals surface area contributed by atoms with Crippen LogP contribution in [0.1, 0.15) is 24.1 Å². The fraction of sp³-hybridized carbons (Fsp3) is 0.444. The second-order valence-electron chi connectivity index (χ2n) is 11.0. The zero-order valence-corrected chi connectivity index (χ0v) is 27.3. The van der Waals surface area contributed by atoms with Gasteiger partial charge in [-0.15, -0.1) is 11.3 Å². The number of ether oxygens (including phenoxy) is 2. The number of cyclic esters (lactones) is 1. The van der Waals surface area contributed by atoms with E-state index in [-0.39, 0.29) is 40.1 Å². The molecule has 1 aromatic carbocycles. The van der Waals surface area contributed by atoms with Crippen LogP contribution in [-0.4, -0.2) is 131 Å². The van der Waals surface area contributed by atoms with E-state index in [4.69, 9.17) is 25.8 Å². The number of nitrogens with two attached hydrogens (primary N) is 2. The molecule has 0 spiro atoms. The normalized spacial score (nSPS) is 21.2. The molecule has 3 amide bonds. The Morgan fingerprint density at radius 1 is 1.22 bits per heavy atom. The van der Waals surface area contributed by atoms with Gasteiger partial charge in [-0.1, -0.05) is 5.16 Å². The summed E-state index contributed by atoms with van der Waals surface area (Å²) in [5.74, 6) is -3.17. The number of aliphatic carboxylic acids is 1. The first kappa shape index (κ1) is 35.3. The number of oxime groups is 1. The van der Waals surface area contributed by atoms with Gasteiger partial charge in [-0.05, 0) is 50.2 Å². The highest BCUT2D eigenvalue weighted by Crippen LogP contribution is 2.26. The number of nitrogens with one attached hydrogen (secondary N) is 2. The number of carbonyl (C=O) groups excluding carboxylic acids is 3. The Morgan fingerprint density at radius 2 is 1.94 bits per heavy atom. The lowest BCUT2D eigenvalue weighted by Gasteiger charge is -2.45. The number of carboxylic acids is 1. The van der Waals surface area contributed by atoms with E-state index in [9.17, 15) is 37.3 Å². The van der Waals surface area contributed by atoms with E-state index in [2.05, 4.69) is 25.8 Å². The first-order valence-electron chi connectivity index (χ1n) is 14.8. The molecule has 4 heterocycles. The minimum Gasteiger partial charge on any atom is -0.489 e. The Kier molecular flexibility index (Phi) is 10.8. The van der Waals surface area contributed by atoms with Crippen molar-refractivity contribution in [1.82, 2.24) is 24.8 Å². The summed E-state index contributed by atoms with van der Waals surface area (Å²) in [6, 6.07) is 3.65. The number of β-lactam (4-membered cyclic amide) rings is 1. The maximum Gasteiger partial charge on any atom is 0.410 e. The van der Waals surface area contributed by atoms with Gasteiger partial charge < -0.3 is 46.4 Å². The van der Waals surface area contributed by atoms with Crippen LogP contribution in [0.4, 0.5) is 9.93 Å². The van der Waals surface area contributed by atoms with Crippen LogP contribution in [0, 0.1) is 0 Å². The molecule has 0 unspecified atom stereocenters. The summed E-state index contributed by atoms with van der Waals surface area (Å²) in [7, 11) is -5.06. The number of hydrogen-bond donors (Lipinski definition) is 6. The van der Waals surface area contributed by atoms with E-state index in [1.165, 1.54) is 5.38 Å². The van der Waals surface area contributed by atoms with Crippen LogP contribution in [0.2, 0.25) is 0 Å². The van der Waals surface area contributed by atoms with Crippen molar-refractivity contribution in [2.24, 2.45) is 15.9 Å². The molecule has 3 saturated heterocycles. The third-order valence-corrected chi connectivity index (χ3v) is 9.29. The molecule has 1 aromatic heterocycles. The van der Waals surface area contributed by atoms with E-state index in [1.807, 2.05) is 0 Å². The number of carboxylic acid groups (broad SMARTS) is 1. The van der Waals surface area contributed by atoms with Crippen molar-refractivity contribution in [3.63, 3.8) is 0 Å². The Balaban J connectivity index is 1.27. The standard InChI is InChI=1S/C27H33N9O11S2/c28-22(31-15-5-7-30-8-6-15)14-1-3-16(4-2-14)46-12-19(25(39)40)47-34-20(17-13-48-26(29)32-17)23(37)33-21-18(11-35-9-10-45-27(35)41)36(24(21)38)49(42,43)44/h1-4,13,15,18-19,21,30H,5-12H2,(H2,28,31)(H2,29,32)(H,33,37)(H,39,40)(H,42,43,44)/b34-20+/t18-,19+,21+/m1/s1. The maximum absolute atomic E-state index is 13.4. The van der Waals surface area contributed by atoms with Gasteiger partial charge >= 0.3 is 22.4 Å². The number of carbonyl (C=O) groups is 4. The van der Waals surface area contributed by atoms with Gasteiger partial charge in [0.2, 0.25) is 0 Å². The second kappa shape index (κ2) is 15.0. The monoisotopic (exact) mass is 723 g/mol. The third-order valence-electron chi connectivity index (χ3n) is 7.66. The van der Waals surface area contributed by atoms with Crippen molar-refractivity contribution < 1.29 is 51.6 Å². The molecule has 49 heavy (non-hydrogen) atoms. The topological polar surface area (TPSA) is 291 Å². The van der Waals surface area contributed by atoms with Crippen molar-refractivity contribution in [2.75, 3.05) is 45.1 Å². The predicted octanol–water partition coefficient (Wildman–Crippen LogP) is -1.61. The maximum atomic E-state index is 13.4. The summed E-state index contributed by atoms with van der Waals surface area (Å²) in [4.78, 5) is 64.9. The Morgan fingerprint density at radius 3 is 2.53 bits per heavy atom. The van der Waals surface area contributed by atoms with Gasteiger partial charge in [0.25, 0.3) is 17.9 Å². The Labute approximate surface area is 282 Å². The molecule has 5 rings (SSSR count). The highest BCUT2D eigenvalue weighted by atomic mass is 32.2. The van der Waals surface area contributed by atoms with Gasteiger partial charge in [0.1, 0.15) is 36.5 Å². The average molecular weight is 724 g/mol. The zero-order valence-electron chi connectivity index (χ0n) is 25.6. The quantitative estimate of drug-likeness (QED) is 0.0420. The summed E-state index contributed by atoms with van der Waals surface area (Å²) in [5.41, 5.74) is 11.8. The van der Waals surface area contributed by atoms with Gasteiger partial charge in [0, 0.05) is 17.5 Å². The van der Waals surface area contributed by atoms with Gasteiger partial charge in [0.15, 0.2) is 10.8 Å². The molecule has 264 valence electrons. The fourth-order valence-electron chi connectivity index (χ4n) is 5.13. The summed E-state index contributed by atoms with van der Waals surface area (Å²) in [5, 5.41) is 20.3. The molecular formula is C27H33N9O11S2. The summed E-state index contributed by atoms with van der Waals surface area (Å²) in [6.07, 6.45) is -0.762. The highest BCUT2D eigenvalue weighted by molar-refractivity contribution is 7.84. The largest absolute Gasteiger partial charge is 0.489 e. The summed E-state index contributed by atoms with van der Waals surface area (Å²) < 4.78 is 43.8. The van der Waals surface area contributed by atoms with E-state index in [0.717, 1.165) is 42.2 Å². The van der Waals surface area contributed by atoms with Gasteiger partial charge in [0.05, 0.1) is 18.6 Å². The molecule has 2 aromatic rings. The van der Waals surface area contributed by atoms with Crippen molar-refractivity contribution in [3.8, 4) is 5.75 Å². The molecule has 3 atom stereocenters. The first-order valence-corrected chi connectivity index (χ1v) is 17.1. The number of aliphatic imine (C=N–C) groups is 1. The van der Waals surface area contributed by atoms with Crippen LogP contribution in [0.25, 0.3) is 0 Å². The van der Waals surface area contributed by atoms with E-state index < -0.39 is 71.2 Å². The number of amides is 3. The molecule has 0 bridgehead atoms. The van der Waals surface area contributed by atoms with Crippen LogP contribution in [-0.2, 0) is 34.3 Å². The average Bonchev–Trinajstić information content (AvgIpc) is 3.68. The number of amidine groups is 1. The summed E-state index contributed by atoms with van der Waals surface area (Å²) in [6.45, 7) is 0.866. The first-order chi connectivity index (χ1) is 23.3. The molecule has 22 heteroatoms.